The molecule has 0 aliphatic carbocycles. The van der Waals surface area contributed by atoms with Crippen LogP contribution in [0, 0.1) is 0 Å². The summed E-state index contributed by atoms with van der Waals surface area (Å²) in [6.45, 7) is 4.42. The van der Waals surface area contributed by atoms with Crippen LogP contribution in [-0.4, -0.2) is 59.6 Å². The summed E-state index contributed by atoms with van der Waals surface area (Å²) in [6.07, 6.45) is 2.76. The number of nitrogens with zero attached hydrogens (tertiary/aromatic N) is 2. The topological polar surface area (TPSA) is 55.8 Å². The molecule has 2 aliphatic rings. The number of amides is 1. The Morgan fingerprint density at radius 2 is 2.05 bits per heavy atom. The second kappa shape index (κ2) is 6.26. The number of rotatable bonds is 2. The van der Waals surface area contributed by atoms with Gasteiger partial charge in [0, 0.05) is 32.7 Å². The van der Waals surface area contributed by atoms with E-state index in [1.165, 1.54) is 0 Å². The molecule has 0 saturated carbocycles. The van der Waals surface area contributed by atoms with Crippen LogP contribution in [0.2, 0.25) is 0 Å². The summed E-state index contributed by atoms with van der Waals surface area (Å²) in [5, 5.41) is 12.6. The molecule has 0 atom stereocenters. The van der Waals surface area contributed by atoms with Gasteiger partial charge in [-0.3, -0.25) is 14.6 Å². The fourth-order valence-electron chi connectivity index (χ4n) is 3.67. The van der Waals surface area contributed by atoms with Crippen LogP contribution in [-0.2, 0) is 11.3 Å². The van der Waals surface area contributed by atoms with Gasteiger partial charge in [-0.05, 0) is 44.0 Å². The highest BCUT2D eigenvalue weighted by atomic mass is 16.3. The van der Waals surface area contributed by atoms with Crippen molar-refractivity contribution in [1.29, 1.82) is 0 Å². The lowest BCUT2D eigenvalue weighted by molar-refractivity contribution is -0.134. The molecule has 2 aliphatic heterocycles. The quantitative estimate of drug-likeness (QED) is 0.861. The highest BCUT2D eigenvalue weighted by Crippen LogP contribution is 2.30. The van der Waals surface area contributed by atoms with Crippen LogP contribution >= 0.6 is 0 Å². The Morgan fingerprint density at radius 3 is 2.77 bits per heavy atom. The van der Waals surface area contributed by atoms with E-state index in [0.717, 1.165) is 57.5 Å². The molecule has 0 unspecified atom stereocenters. The molecule has 1 aromatic rings. The van der Waals surface area contributed by atoms with E-state index in [2.05, 4.69) is 22.2 Å². The Morgan fingerprint density at radius 1 is 1.27 bits per heavy atom. The summed E-state index contributed by atoms with van der Waals surface area (Å²) >= 11 is 0. The molecule has 22 heavy (non-hydrogen) atoms. The Labute approximate surface area is 131 Å². The number of hydrogen-bond acceptors (Lipinski definition) is 4. The number of carbonyl (C=O) groups is 1. The smallest absolute Gasteiger partial charge is 0.240 e. The molecule has 1 amide bonds. The fraction of sp³-hybridized carbons (Fsp3) is 0.588. The van der Waals surface area contributed by atoms with Gasteiger partial charge in [-0.1, -0.05) is 12.1 Å². The maximum absolute atomic E-state index is 12.5. The van der Waals surface area contributed by atoms with E-state index in [4.69, 9.17) is 0 Å². The average Bonchev–Trinajstić information content (AvgIpc) is 2.64. The monoisotopic (exact) mass is 303 g/mol. The van der Waals surface area contributed by atoms with Gasteiger partial charge in [0.05, 0.1) is 0 Å². The van der Waals surface area contributed by atoms with Gasteiger partial charge in [0.15, 0.2) is 0 Å². The van der Waals surface area contributed by atoms with Gasteiger partial charge >= 0.3 is 0 Å². The number of benzene rings is 1. The number of likely N-dealkylation sites (tertiary alicyclic amines) is 1. The van der Waals surface area contributed by atoms with Crippen molar-refractivity contribution < 1.29 is 9.90 Å². The number of phenols is 1. The van der Waals surface area contributed by atoms with Gasteiger partial charge in [0.1, 0.15) is 11.3 Å². The maximum atomic E-state index is 12.5. The highest BCUT2D eigenvalue weighted by Gasteiger charge is 2.45. The summed E-state index contributed by atoms with van der Waals surface area (Å²) in [5.74, 6) is 0.512. The first-order valence-electron chi connectivity index (χ1n) is 8.10. The van der Waals surface area contributed by atoms with E-state index in [1.54, 1.807) is 6.07 Å². The fourth-order valence-corrected chi connectivity index (χ4v) is 3.67. The third kappa shape index (κ3) is 2.96. The minimum Gasteiger partial charge on any atom is -0.508 e. The molecule has 5 nitrogen and oxygen atoms in total. The molecule has 0 bridgehead atoms. The number of aromatic hydroxyl groups is 1. The van der Waals surface area contributed by atoms with E-state index in [1.807, 2.05) is 18.2 Å². The molecule has 2 saturated heterocycles. The van der Waals surface area contributed by atoms with Crippen molar-refractivity contribution in [2.75, 3.05) is 33.2 Å². The molecule has 2 N–H and O–H groups in total. The van der Waals surface area contributed by atoms with Gasteiger partial charge in [-0.2, -0.15) is 0 Å². The van der Waals surface area contributed by atoms with Gasteiger partial charge in [0.2, 0.25) is 5.91 Å². The third-order valence-electron chi connectivity index (χ3n) is 5.11. The molecule has 120 valence electrons. The van der Waals surface area contributed by atoms with Crippen LogP contribution in [0.5, 0.6) is 5.75 Å². The SMILES string of the molecule is CN1CCCNC(=O)C12CCN(Cc1cccc(O)c1)CC2. The lowest BCUT2D eigenvalue weighted by Gasteiger charge is -2.45. The molecule has 1 aromatic carbocycles. The molecule has 3 rings (SSSR count). The number of hydrogen-bond donors (Lipinski definition) is 2. The third-order valence-corrected chi connectivity index (χ3v) is 5.11. The second-order valence-electron chi connectivity index (χ2n) is 6.51. The van der Waals surface area contributed by atoms with Crippen LogP contribution in [0.3, 0.4) is 0 Å². The Hall–Kier alpha value is -1.59. The maximum Gasteiger partial charge on any atom is 0.240 e. The largest absolute Gasteiger partial charge is 0.508 e. The summed E-state index contributed by atoms with van der Waals surface area (Å²) in [6, 6.07) is 7.42. The number of likely N-dealkylation sites (N-methyl/N-ethyl adjacent to an activating group) is 1. The van der Waals surface area contributed by atoms with E-state index >= 15 is 0 Å². The summed E-state index contributed by atoms with van der Waals surface area (Å²) in [5.41, 5.74) is 0.792. The van der Waals surface area contributed by atoms with Crippen LogP contribution in [0.4, 0.5) is 0 Å². The number of carbonyl (C=O) groups excluding carboxylic acids is 1. The Bertz CT molecular complexity index is 538. The number of phenolic OH excluding ortho intramolecular Hbond substituents is 1. The van der Waals surface area contributed by atoms with Crippen LogP contribution in [0.15, 0.2) is 24.3 Å². The van der Waals surface area contributed by atoms with E-state index in [9.17, 15) is 9.90 Å². The van der Waals surface area contributed by atoms with Crippen molar-refractivity contribution in [2.45, 2.75) is 31.3 Å². The predicted octanol–water partition coefficient (Wildman–Crippen LogP) is 1.18. The molecule has 2 fully saturated rings. The summed E-state index contributed by atoms with van der Waals surface area (Å²) in [4.78, 5) is 17.1. The van der Waals surface area contributed by atoms with Crippen molar-refractivity contribution in [3.63, 3.8) is 0 Å². The zero-order valence-electron chi connectivity index (χ0n) is 13.2. The van der Waals surface area contributed by atoms with E-state index in [0.29, 0.717) is 5.75 Å². The van der Waals surface area contributed by atoms with Gasteiger partial charge in [0.25, 0.3) is 0 Å². The molecule has 0 aromatic heterocycles. The van der Waals surface area contributed by atoms with E-state index in [-0.39, 0.29) is 11.4 Å². The van der Waals surface area contributed by atoms with Crippen LogP contribution in [0.1, 0.15) is 24.8 Å². The summed E-state index contributed by atoms with van der Waals surface area (Å²) < 4.78 is 0. The predicted molar refractivity (Wildman–Crippen MR) is 85.6 cm³/mol. The molecule has 1 spiro atoms. The van der Waals surface area contributed by atoms with Crippen LogP contribution < -0.4 is 5.32 Å². The van der Waals surface area contributed by atoms with Crippen molar-refractivity contribution in [3.8, 4) is 5.75 Å². The van der Waals surface area contributed by atoms with E-state index < -0.39 is 0 Å². The van der Waals surface area contributed by atoms with Crippen molar-refractivity contribution in [2.24, 2.45) is 0 Å². The zero-order valence-corrected chi connectivity index (χ0v) is 13.2. The lowest BCUT2D eigenvalue weighted by atomic mass is 9.85. The van der Waals surface area contributed by atoms with Gasteiger partial charge in [-0.15, -0.1) is 0 Å². The molecule has 0 radical (unpaired) electrons. The van der Waals surface area contributed by atoms with Crippen molar-refractivity contribution in [3.05, 3.63) is 29.8 Å². The second-order valence-corrected chi connectivity index (χ2v) is 6.51. The highest BCUT2D eigenvalue weighted by molar-refractivity contribution is 5.86. The molecular formula is C17H25N3O2. The van der Waals surface area contributed by atoms with Gasteiger partial charge in [-0.25, -0.2) is 0 Å². The Balaban J connectivity index is 1.65. The summed E-state index contributed by atoms with van der Waals surface area (Å²) in [7, 11) is 2.08. The van der Waals surface area contributed by atoms with Gasteiger partial charge < -0.3 is 10.4 Å². The van der Waals surface area contributed by atoms with Crippen molar-refractivity contribution >= 4 is 5.91 Å². The first-order chi connectivity index (χ1) is 10.6. The average molecular weight is 303 g/mol. The lowest BCUT2D eigenvalue weighted by Crippen LogP contribution is -2.60. The molecular weight excluding hydrogens is 278 g/mol. The normalized spacial score (nSPS) is 23.2. The molecule has 5 heteroatoms. The minimum atomic E-state index is -0.328. The number of piperidine rings is 1. The first kappa shape index (κ1) is 15.3. The van der Waals surface area contributed by atoms with Crippen LogP contribution in [0.25, 0.3) is 0 Å². The minimum absolute atomic E-state index is 0.199. The molecule has 2 heterocycles. The first-order valence-corrected chi connectivity index (χ1v) is 8.10. The van der Waals surface area contributed by atoms with Crippen molar-refractivity contribution in [1.82, 2.24) is 15.1 Å². The number of nitrogens with one attached hydrogen (secondary N) is 1. The Kier molecular flexibility index (Phi) is 4.36. The standard InChI is InChI=1S/C17H25N3O2/c1-19-9-3-8-18-16(22)17(19)6-10-20(11-7-17)13-14-4-2-5-15(21)12-14/h2,4-5,12,21H,3,6-11,13H2,1H3,(H,18,22). The zero-order chi connectivity index (χ0) is 15.6.